The standard InChI is InChI=1S/C11H12Cl2N2O4S/c1-2-3-15-10(16)6-19-11-8(12)4-7(5-9(11)13)20(14,17)18/h2,4-5H,1,3,6H2,(H,15,16)(H2,14,17,18). The number of nitrogens with two attached hydrogens (primary N) is 1. The van der Waals surface area contributed by atoms with Crippen LogP contribution in [0.15, 0.2) is 29.7 Å². The largest absolute Gasteiger partial charge is 0.481 e. The summed E-state index contributed by atoms with van der Waals surface area (Å²) in [6.07, 6.45) is 1.51. The lowest BCUT2D eigenvalue weighted by Crippen LogP contribution is -2.28. The Morgan fingerprint density at radius 1 is 1.40 bits per heavy atom. The predicted octanol–water partition coefficient (Wildman–Crippen LogP) is 1.32. The first-order valence-corrected chi connectivity index (χ1v) is 7.58. The molecule has 0 heterocycles. The van der Waals surface area contributed by atoms with Crippen molar-refractivity contribution >= 4 is 39.1 Å². The van der Waals surface area contributed by atoms with E-state index in [9.17, 15) is 13.2 Å². The Morgan fingerprint density at radius 3 is 2.40 bits per heavy atom. The first-order valence-electron chi connectivity index (χ1n) is 5.28. The van der Waals surface area contributed by atoms with Gasteiger partial charge in [-0.25, -0.2) is 13.6 Å². The van der Waals surface area contributed by atoms with Gasteiger partial charge < -0.3 is 10.1 Å². The fourth-order valence-corrected chi connectivity index (χ4v) is 2.50. The summed E-state index contributed by atoms with van der Waals surface area (Å²) in [6.45, 7) is 3.43. The number of primary sulfonamides is 1. The minimum absolute atomic E-state index is 0.00878. The predicted molar refractivity (Wildman–Crippen MR) is 76.5 cm³/mol. The number of benzene rings is 1. The molecule has 1 amide bonds. The van der Waals surface area contributed by atoms with E-state index in [0.717, 1.165) is 12.1 Å². The second-order valence-electron chi connectivity index (χ2n) is 3.64. The number of rotatable bonds is 6. The Morgan fingerprint density at radius 2 is 1.95 bits per heavy atom. The minimum atomic E-state index is -3.92. The van der Waals surface area contributed by atoms with E-state index in [1.54, 1.807) is 0 Å². The van der Waals surface area contributed by atoms with Crippen LogP contribution >= 0.6 is 23.2 Å². The number of ether oxygens (including phenoxy) is 1. The summed E-state index contributed by atoms with van der Waals surface area (Å²) < 4.78 is 27.5. The fraction of sp³-hybridized carbons (Fsp3) is 0.182. The molecule has 0 aliphatic carbocycles. The van der Waals surface area contributed by atoms with E-state index in [4.69, 9.17) is 33.1 Å². The van der Waals surface area contributed by atoms with E-state index in [1.165, 1.54) is 6.08 Å². The van der Waals surface area contributed by atoms with Crippen molar-refractivity contribution < 1.29 is 17.9 Å². The summed E-state index contributed by atoms with van der Waals surface area (Å²) in [7, 11) is -3.92. The zero-order valence-electron chi connectivity index (χ0n) is 10.2. The van der Waals surface area contributed by atoms with Crippen LogP contribution < -0.4 is 15.2 Å². The Labute approximate surface area is 126 Å². The zero-order valence-corrected chi connectivity index (χ0v) is 12.6. The van der Waals surface area contributed by atoms with E-state index in [-0.39, 0.29) is 27.3 Å². The number of hydrogen-bond acceptors (Lipinski definition) is 4. The maximum absolute atomic E-state index is 11.3. The van der Waals surface area contributed by atoms with Gasteiger partial charge in [0, 0.05) is 6.54 Å². The molecule has 1 aromatic carbocycles. The Balaban J connectivity index is 2.87. The van der Waals surface area contributed by atoms with Gasteiger partial charge in [0.15, 0.2) is 12.4 Å². The van der Waals surface area contributed by atoms with Crippen LogP contribution in [-0.4, -0.2) is 27.5 Å². The molecule has 9 heteroatoms. The SMILES string of the molecule is C=CCNC(=O)COc1c(Cl)cc(S(N)(=O)=O)cc1Cl. The molecular formula is C11H12Cl2N2O4S. The number of sulfonamides is 1. The third-order valence-corrected chi connectivity index (χ3v) is 3.55. The highest BCUT2D eigenvalue weighted by molar-refractivity contribution is 7.89. The maximum Gasteiger partial charge on any atom is 0.258 e. The third-order valence-electron chi connectivity index (χ3n) is 2.09. The molecule has 0 saturated heterocycles. The summed E-state index contributed by atoms with van der Waals surface area (Å²) in [6, 6.07) is 2.19. The summed E-state index contributed by atoms with van der Waals surface area (Å²) in [5.41, 5.74) is 0. The highest BCUT2D eigenvalue weighted by Crippen LogP contribution is 2.35. The van der Waals surface area contributed by atoms with Crippen molar-refractivity contribution in [3.05, 3.63) is 34.8 Å². The Hall–Kier alpha value is -1.28. The van der Waals surface area contributed by atoms with Gasteiger partial charge in [0.1, 0.15) is 0 Å². The summed E-state index contributed by atoms with van der Waals surface area (Å²) >= 11 is 11.7. The van der Waals surface area contributed by atoms with E-state index < -0.39 is 15.9 Å². The Bertz CT molecular complexity index is 608. The van der Waals surface area contributed by atoms with E-state index in [0.29, 0.717) is 6.54 Å². The third kappa shape index (κ3) is 4.68. The smallest absolute Gasteiger partial charge is 0.258 e. The molecule has 0 fully saturated rings. The Kier molecular flexibility index (Phi) is 5.82. The number of halogens is 2. The lowest BCUT2D eigenvalue weighted by molar-refractivity contribution is -0.122. The lowest BCUT2D eigenvalue weighted by Gasteiger charge is -2.11. The second-order valence-corrected chi connectivity index (χ2v) is 6.02. The molecule has 110 valence electrons. The maximum atomic E-state index is 11.3. The van der Waals surface area contributed by atoms with Crippen LogP contribution in [-0.2, 0) is 14.8 Å². The molecule has 1 rings (SSSR count). The molecule has 0 unspecified atom stereocenters. The molecule has 0 aromatic heterocycles. The van der Waals surface area contributed by atoms with Gasteiger partial charge >= 0.3 is 0 Å². The van der Waals surface area contributed by atoms with Crippen molar-refractivity contribution in [3.8, 4) is 5.75 Å². The van der Waals surface area contributed by atoms with Crippen molar-refractivity contribution in [1.82, 2.24) is 5.32 Å². The molecule has 0 radical (unpaired) electrons. The van der Waals surface area contributed by atoms with Crippen molar-refractivity contribution in [2.75, 3.05) is 13.2 Å². The first-order chi connectivity index (χ1) is 9.25. The average Bonchev–Trinajstić information content (AvgIpc) is 2.34. The van der Waals surface area contributed by atoms with Crippen molar-refractivity contribution in [2.45, 2.75) is 4.90 Å². The molecule has 3 N–H and O–H groups in total. The zero-order chi connectivity index (χ0) is 15.3. The monoisotopic (exact) mass is 338 g/mol. The van der Waals surface area contributed by atoms with Gasteiger partial charge in [0.2, 0.25) is 10.0 Å². The van der Waals surface area contributed by atoms with E-state index in [1.807, 2.05) is 0 Å². The first kappa shape index (κ1) is 16.8. The number of hydrogen-bond donors (Lipinski definition) is 2. The highest BCUT2D eigenvalue weighted by atomic mass is 35.5. The summed E-state index contributed by atoms with van der Waals surface area (Å²) in [5.74, 6) is -0.387. The van der Waals surface area contributed by atoms with E-state index >= 15 is 0 Å². The topological polar surface area (TPSA) is 98.5 Å². The quantitative estimate of drug-likeness (QED) is 0.764. The van der Waals surface area contributed by atoms with Crippen LogP contribution in [0.5, 0.6) is 5.75 Å². The molecule has 0 saturated carbocycles. The van der Waals surface area contributed by atoms with Crippen LogP contribution in [0.4, 0.5) is 0 Å². The average molecular weight is 339 g/mol. The van der Waals surface area contributed by atoms with E-state index in [2.05, 4.69) is 11.9 Å². The number of amides is 1. The van der Waals surface area contributed by atoms with Crippen LogP contribution in [0.25, 0.3) is 0 Å². The van der Waals surface area contributed by atoms with Crippen molar-refractivity contribution in [2.24, 2.45) is 5.14 Å². The number of carbonyl (C=O) groups excluding carboxylic acids is 1. The van der Waals surface area contributed by atoms with Gasteiger partial charge in [-0.3, -0.25) is 4.79 Å². The molecule has 0 aliphatic heterocycles. The van der Waals surface area contributed by atoms with Gasteiger partial charge in [-0.15, -0.1) is 6.58 Å². The molecule has 0 atom stereocenters. The summed E-state index contributed by atoms with van der Waals surface area (Å²) in [4.78, 5) is 11.1. The number of nitrogens with one attached hydrogen (secondary N) is 1. The van der Waals surface area contributed by atoms with Crippen molar-refractivity contribution in [1.29, 1.82) is 0 Å². The second kappa shape index (κ2) is 6.94. The van der Waals surface area contributed by atoms with Crippen LogP contribution in [0, 0.1) is 0 Å². The molecule has 6 nitrogen and oxygen atoms in total. The van der Waals surface area contributed by atoms with Gasteiger partial charge in [-0.2, -0.15) is 0 Å². The molecule has 0 spiro atoms. The molecule has 0 bridgehead atoms. The molecule has 1 aromatic rings. The van der Waals surface area contributed by atoms with Crippen LogP contribution in [0.1, 0.15) is 0 Å². The molecule has 20 heavy (non-hydrogen) atoms. The normalized spacial score (nSPS) is 10.9. The van der Waals surface area contributed by atoms with Gasteiger partial charge in [-0.1, -0.05) is 29.3 Å². The van der Waals surface area contributed by atoms with Gasteiger partial charge in [-0.05, 0) is 12.1 Å². The van der Waals surface area contributed by atoms with Crippen molar-refractivity contribution in [3.63, 3.8) is 0 Å². The molecular weight excluding hydrogens is 327 g/mol. The van der Waals surface area contributed by atoms with Crippen LogP contribution in [0.3, 0.4) is 0 Å². The minimum Gasteiger partial charge on any atom is -0.481 e. The fourth-order valence-electron chi connectivity index (χ4n) is 1.21. The lowest BCUT2D eigenvalue weighted by atomic mass is 10.3. The van der Waals surface area contributed by atoms with Gasteiger partial charge in [0.25, 0.3) is 5.91 Å². The molecule has 0 aliphatic rings. The number of carbonyl (C=O) groups is 1. The highest BCUT2D eigenvalue weighted by Gasteiger charge is 2.16. The van der Waals surface area contributed by atoms with Gasteiger partial charge in [0.05, 0.1) is 14.9 Å². The summed E-state index contributed by atoms with van der Waals surface area (Å²) in [5, 5.41) is 7.34. The van der Waals surface area contributed by atoms with Crippen LogP contribution in [0.2, 0.25) is 10.0 Å².